The first kappa shape index (κ1) is 12.7. The summed E-state index contributed by atoms with van der Waals surface area (Å²) < 4.78 is 0. The zero-order chi connectivity index (χ0) is 13.0. The highest BCUT2D eigenvalue weighted by molar-refractivity contribution is 5.88. The van der Waals surface area contributed by atoms with Gasteiger partial charge in [0.1, 0.15) is 0 Å². The van der Waals surface area contributed by atoms with Gasteiger partial charge < -0.3 is 20.2 Å². The number of amides is 2. The molecule has 7 heteroatoms. The Kier molecular flexibility index (Phi) is 4.01. The molecule has 18 heavy (non-hydrogen) atoms. The summed E-state index contributed by atoms with van der Waals surface area (Å²) in [6.45, 7) is 2.43. The van der Waals surface area contributed by atoms with Crippen molar-refractivity contribution in [2.45, 2.75) is 25.7 Å². The molecule has 100 valence electrons. The SMILES string of the molecule is O=C(N1CCC(=NO)CC1)N1CCC(=NO)CC1. The number of likely N-dealkylation sites (tertiary alicyclic amines) is 2. The van der Waals surface area contributed by atoms with E-state index in [9.17, 15) is 4.79 Å². The van der Waals surface area contributed by atoms with E-state index in [1.165, 1.54) is 0 Å². The Morgan fingerprint density at radius 3 is 1.44 bits per heavy atom. The number of rotatable bonds is 0. The lowest BCUT2D eigenvalue weighted by molar-refractivity contribution is 0.151. The Labute approximate surface area is 105 Å². The largest absolute Gasteiger partial charge is 0.411 e. The second-order valence-corrected chi connectivity index (χ2v) is 4.59. The maximum atomic E-state index is 12.2. The number of hydrogen-bond donors (Lipinski definition) is 2. The molecule has 2 saturated heterocycles. The maximum absolute atomic E-state index is 12.2. The van der Waals surface area contributed by atoms with Crippen LogP contribution in [0, 0.1) is 0 Å². The fourth-order valence-electron chi connectivity index (χ4n) is 2.31. The summed E-state index contributed by atoms with van der Waals surface area (Å²) in [6.07, 6.45) is 2.55. The Hall–Kier alpha value is -1.79. The lowest BCUT2D eigenvalue weighted by Gasteiger charge is -2.35. The minimum atomic E-state index is 0.0315. The first-order chi connectivity index (χ1) is 8.74. The van der Waals surface area contributed by atoms with Crippen molar-refractivity contribution in [1.29, 1.82) is 0 Å². The van der Waals surface area contributed by atoms with Crippen LogP contribution in [-0.4, -0.2) is 63.8 Å². The van der Waals surface area contributed by atoms with Gasteiger partial charge in [0.25, 0.3) is 0 Å². The van der Waals surface area contributed by atoms with Crippen LogP contribution in [0.1, 0.15) is 25.7 Å². The molecular weight excluding hydrogens is 236 g/mol. The molecule has 2 heterocycles. The van der Waals surface area contributed by atoms with Gasteiger partial charge in [0.15, 0.2) is 0 Å². The van der Waals surface area contributed by atoms with Gasteiger partial charge in [-0.15, -0.1) is 0 Å². The predicted molar refractivity (Wildman–Crippen MR) is 65.5 cm³/mol. The zero-order valence-electron chi connectivity index (χ0n) is 10.2. The van der Waals surface area contributed by atoms with Gasteiger partial charge in [-0.05, 0) is 0 Å². The molecule has 0 radical (unpaired) electrons. The number of urea groups is 1. The van der Waals surface area contributed by atoms with Crippen LogP contribution in [0.5, 0.6) is 0 Å². The van der Waals surface area contributed by atoms with E-state index in [0.29, 0.717) is 51.9 Å². The number of hydrogen-bond acceptors (Lipinski definition) is 5. The molecule has 0 saturated carbocycles. The third kappa shape index (κ3) is 2.72. The summed E-state index contributed by atoms with van der Waals surface area (Å²) in [5.41, 5.74) is 1.51. The van der Waals surface area contributed by atoms with E-state index in [1.54, 1.807) is 9.80 Å². The normalized spacial score (nSPS) is 20.9. The van der Waals surface area contributed by atoms with Crippen molar-refractivity contribution in [1.82, 2.24) is 9.80 Å². The molecule has 0 atom stereocenters. The van der Waals surface area contributed by atoms with Gasteiger partial charge in [-0.3, -0.25) is 0 Å². The van der Waals surface area contributed by atoms with Gasteiger partial charge in [-0.25, -0.2) is 4.79 Å². The van der Waals surface area contributed by atoms with Crippen molar-refractivity contribution >= 4 is 17.5 Å². The van der Waals surface area contributed by atoms with Crippen LogP contribution in [-0.2, 0) is 0 Å². The Bertz CT molecular complexity index is 326. The van der Waals surface area contributed by atoms with Gasteiger partial charge in [-0.1, -0.05) is 10.3 Å². The fourth-order valence-corrected chi connectivity index (χ4v) is 2.31. The monoisotopic (exact) mass is 254 g/mol. The van der Waals surface area contributed by atoms with Gasteiger partial charge in [0, 0.05) is 51.9 Å². The molecule has 0 aliphatic carbocycles. The minimum absolute atomic E-state index is 0.0315. The van der Waals surface area contributed by atoms with E-state index in [1.807, 2.05) is 0 Å². The molecule has 7 nitrogen and oxygen atoms in total. The zero-order valence-corrected chi connectivity index (χ0v) is 10.2. The number of oxime groups is 2. The van der Waals surface area contributed by atoms with Crippen LogP contribution in [0.3, 0.4) is 0 Å². The summed E-state index contributed by atoms with van der Waals surface area (Å²) in [5, 5.41) is 23.7. The molecule has 0 bridgehead atoms. The van der Waals surface area contributed by atoms with Gasteiger partial charge in [0.05, 0.1) is 11.4 Å². The van der Waals surface area contributed by atoms with E-state index < -0.39 is 0 Å². The first-order valence-electron chi connectivity index (χ1n) is 6.18. The highest BCUT2D eigenvalue weighted by Crippen LogP contribution is 2.14. The van der Waals surface area contributed by atoms with E-state index >= 15 is 0 Å². The molecule has 0 unspecified atom stereocenters. The molecule has 2 amide bonds. The second-order valence-electron chi connectivity index (χ2n) is 4.59. The van der Waals surface area contributed by atoms with Crippen molar-refractivity contribution < 1.29 is 15.2 Å². The van der Waals surface area contributed by atoms with Crippen molar-refractivity contribution in [3.05, 3.63) is 0 Å². The third-order valence-electron chi connectivity index (χ3n) is 3.51. The van der Waals surface area contributed by atoms with E-state index in [-0.39, 0.29) is 6.03 Å². The smallest absolute Gasteiger partial charge is 0.320 e. The van der Waals surface area contributed by atoms with Crippen molar-refractivity contribution in [2.75, 3.05) is 26.2 Å². The molecular formula is C11H18N4O3. The van der Waals surface area contributed by atoms with Crippen molar-refractivity contribution in [3.63, 3.8) is 0 Å². The Morgan fingerprint density at radius 1 is 0.833 bits per heavy atom. The van der Waals surface area contributed by atoms with Gasteiger partial charge >= 0.3 is 6.03 Å². The van der Waals surface area contributed by atoms with Gasteiger partial charge in [-0.2, -0.15) is 0 Å². The van der Waals surface area contributed by atoms with Crippen LogP contribution in [0.4, 0.5) is 4.79 Å². The molecule has 2 aliphatic rings. The van der Waals surface area contributed by atoms with Crippen molar-refractivity contribution in [2.24, 2.45) is 10.3 Å². The number of piperidine rings is 2. The number of nitrogens with zero attached hydrogens (tertiary/aromatic N) is 4. The van der Waals surface area contributed by atoms with E-state index in [2.05, 4.69) is 10.3 Å². The highest BCUT2D eigenvalue weighted by Gasteiger charge is 2.26. The second kappa shape index (κ2) is 5.70. The van der Waals surface area contributed by atoms with Crippen molar-refractivity contribution in [3.8, 4) is 0 Å². The minimum Gasteiger partial charge on any atom is -0.411 e. The van der Waals surface area contributed by atoms with Crippen LogP contribution < -0.4 is 0 Å². The molecule has 2 rings (SSSR count). The summed E-state index contributed by atoms with van der Waals surface area (Å²) in [6, 6.07) is 0.0315. The third-order valence-corrected chi connectivity index (χ3v) is 3.51. The molecule has 0 aromatic heterocycles. The predicted octanol–water partition coefficient (Wildman–Crippen LogP) is 0.958. The highest BCUT2D eigenvalue weighted by atomic mass is 16.4. The molecule has 0 aromatic carbocycles. The Balaban J connectivity index is 1.85. The van der Waals surface area contributed by atoms with Crippen LogP contribution in [0.15, 0.2) is 10.3 Å². The topological polar surface area (TPSA) is 88.7 Å². The standard InChI is InChI=1S/C11H18N4O3/c16-11(14-5-1-9(12-17)2-6-14)15-7-3-10(13-18)4-8-15/h17-18H,1-8H2. The molecule has 0 spiro atoms. The van der Waals surface area contributed by atoms with Crippen LogP contribution >= 0.6 is 0 Å². The van der Waals surface area contributed by atoms with E-state index in [4.69, 9.17) is 10.4 Å². The summed E-state index contributed by atoms with van der Waals surface area (Å²) in [7, 11) is 0. The first-order valence-corrected chi connectivity index (χ1v) is 6.18. The lowest BCUT2D eigenvalue weighted by atomic mass is 10.1. The summed E-state index contributed by atoms with van der Waals surface area (Å²) >= 11 is 0. The average Bonchev–Trinajstić information content (AvgIpc) is 2.47. The molecule has 0 aromatic rings. The Morgan fingerprint density at radius 2 is 1.17 bits per heavy atom. The van der Waals surface area contributed by atoms with Crippen LogP contribution in [0.2, 0.25) is 0 Å². The lowest BCUT2D eigenvalue weighted by Crippen LogP contribution is -2.49. The average molecular weight is 254 g/mol. The molecule has 2 fully saturated rings. The fraction of sp³-hybridized carbons (Fsp3) is 0.727. The maximum Gasteiger partial charge on any atom is 0.320 e. The van der Waals surface area contributed by atoms with Gasteiger partial charge in [0.2, 0.25) is 0 Å². The number of carbonyl (C=O) groups is 1. The molecule has 2 N–H and O–H groups in total. The summed E-state index contributed by atoms with van der Waals surface area (Å²) in [4.78, 5) is 15.8. The number of carbonyl (C=O) groups excluding carboxylic acids is 1. The van der Waals surface area contributed by atoms with Crippen LogP contribution in [0.25, 0.3) is 0 Å². The molecule has 2 aliphatic heterocycles. The summed E-state index contributed by atoms with van der Waals surface area (Å²) in [5.74, 6) is 0. The quantitative estimate of drug-likeness (QED) is 0.498. The van der Waals surface area contributed by atoms with E-state index in [0.717, 1.165) is 11.4 Å².